The molecule has 3 aromatic rings. The van der Waals surface area contributed by atoms with Crippen molar-refractivity contribution in [2.24, 2.45) is 0 Å². The number of carbonyl (C=O) groups is 1. The van der Waals surface area contributed by atoms with Crippen molar-refractivity contribution in [3.05, 3.63) is 72.3 Å². The van der Waals surface area contributed by atoms with Gasteiger partial charge in [-0.05, 0) is 34.5 Å². The molecule has 0 saturated heterocycles. The average Bonchev–Trinajstić information content (AvgIpc) is 2.60. The van der Waals surface area contributed by atoms with Crippen LogP contribution in [0.3, 0.4) is 0 Å². The van der Waals surface area contributed by atoms with Gasteiger partial charge in [0.05, 0.1) is 12.8 Å². The molecule has 0 aliphatic carbocycles. The second-order valence-electron chi connectivity index (χ2n) is 5.19. The van der Waals surface area contributed by atoms with Crippen LogP contribution in [-0.2, 0) is 6.54 Å². The zero-order valence-corrected chi connectivity index (χ0v) is 12.9. The molecular formula is C19H18N2O2. The minimum absolute atomic E-state index is 0.261. The van der Waals surface area contributed by atoms with Crippen molar-refractivity contribution in [1.82, 2.24) is 5.32 Å². The number of hydrogen-bond donors (Lipinski definition) is 2. The molecular weight excluding hydrogens is 288 g/mol. The number of para-hydroxylation sites is 2. The monoisotopic (exact) mass is 306 g/mol. The van der Waals surface area contributed by atoms with Gasteiger partial charge in [0, 0.05) is 6.54 Å². The molecule has 0 aliphatic rings. The number of urea groups is 1. The highest BCUT2D eigenvalue weighted by atomic mass is 16.5. The van der Waals surface area contributed by atoms with Gasteiger partial charge in [-0.15, -0.1) is 0 Å². The van der Waals surface area contributed by atoms with Crippen LogP contribution in [0.15, 0.2) is 66.7 Å². The molecule has 0 heterocycles. The Morgan fingerprint density at radius 1 is 0.957 bits per heavy atom. The zero-order chi connectivity index (χ0) is 16.1. The van der Waals surface area contributed by atoms with Gasteiger partial charge >= 0.3 is 6.03 Å². The van der Waals surface area contributed by atoms with E-state index in [2.05, 4.69) is 34.9 Å². The summed E-state index contributed by atoms with van der Waals surface area (Å²) in [5.74, 6) is 0.633. The van der Waals surface area contributed by atoms with Gasteiger partial charge in [0.15, 0.2) is 0 Å². The molecule has 116 valence electrons. The van der Waals surface area contributed by atoms with E-state index < -0.39 is 0 Å². The predicted octanol–water partition coefficient (Wildman–Crippen LogP) is 4.17. The van der Waals surface area contributed by atoms with Crippen LogP contribution in [0.25, 0.3) is 10.8 Å². The molecule has 0 atom stereocenters. The number of carbonyl (C=O) groups excluding carboxylic acids is 1. The fraction of sp³-hybridized carbons (Fsp3) is 0.105. The summed E-state index contributed by atoms with van der Waals surface area (Å²) in [5, 5.41) is 8.01. The molecule has 3 rings (SSSR count). The maximum Gasteiger partial charge on any atom is 0.319 e. The van der Waals surface area contributed by atoms with Crippen LogP contribution in [-0.4, -0.2) is 13.1 Å². The van der Waals surface area contributed by atoms with Crippen LogP contribution in [0.5, 0.6) is 5.75 Å². The minimum Gasteiger partial charge on any atom is -0.495 e. The average molecular weight is 306 g/mol. The highest BCUT2D eigenvalue weighted by Crippen LogP contribution is 2.22. The lowest BCUT2D eigenvalue weighted by molar-refractivity contribution is 0.251. The summed E-state index contributed by atoms with van der Waals surface area (Å²) in [6.07, 6.45) is 0. The Balaban J connectivity index is 1.63. The summed E-state index contributed by atoms with van der Waals surface area (Å²) in [5.41, 5.74) is 1.70. The van der Waals surface area contributed by atoms with Gasteiger partial charge in [0.2, 0.25) is 0 Å². The molecule has 0 saturated carbocycles. The van der Waals surface area contributed by atoms with Gasteiger partial charge in [-0.2, -0.15) is 0 Å². The number of benzene rings is 3. The normalized spacial score (nSPS) is 10.3. The van der Waals surface area contributed by atoms with Gasteiger partial charge in [-0.1, -0.05) is 48.5 Å². The Labute approximate surface area is 135 Å². The van der Waals surface area contributed by atoms with Crippen molar-refractivity contribution < 1.29 is 9.53 Å². The van der Waals surface area contributed by atoms with E-state index >= 15 is 0 Å². The van der Waals surface area contributed by atoms with E-state index in [1.165, 1.54) is 5.39 Å². The minimum atomic E-state index is -0.261. The molecule has 0 aliphatic heterocycles. The molecule has 4 heteroatoms. The summed E-state index contributed by atoms with van der Waals surface area (Å²) in [6.45, 7) is 0.464. The molecule has 0 spiro atoms. The number of amides is 2. The fourth-order valence-corrected chi connectivity index (χ4v) is 2.45. The van der Waals surface area contributed by atoms with Crippen molar-refractivity contribution in [2.45, 2.75) is 6.54 Å². The predicted molar refractivity (Wildman–Crippen MR) is 92.8 cm³/mol. The number of anilines is 1. The van der Waals surface area contributed by atoms with Crippen molar-refractivity contribution >= 4 is 22.5 Å². The van der Waals surface area contributed by atoms with Crippen LogP contribution in [0.2, 0.25) is 0 Å². The second-order valence-corrected chi connectivity index (χ2v) is 5.19. The van der Waals surface area contributed by atoms with Gasteiger partial charge < -0.3 is 15.4 Å². The third kappa shape index (κ3) is 3.61. The van der Waals surface area contributed by atoms with E-state index in [1.54, 1.807) is 19.2 Å². The molecule has 23 heavy (non-hydrogen) atoms. The third-order valence-electron chi connectivity index (χ3n) is 3.62. The molecule has 0 unspecified atom stereocenters. The Morgan fingerprint density at radius 2 is 1.70 bits per heavy atom. The van der Waals surface area contributed by atoms with Crippen molar-refractivity contribution in [2.75, 3.05) is 12.4 Å². The maximum atomic E-state index is 12.0. The Kier molecular flexibility index (Phi) is 4.43. The second kappa shape index (κ2) is 6.83. The summed E-state index contributed by atoms with van der Waals surface area (Å²) >= 11 is 0. The number of hydrogen-bond acceptors (Lipinski definition) is 2. The van der Waals surface area contributed by atoms with E-state index in [9.17, 15) is 4.79 Å². The van der Waals surface area contributed by atoms with Crippen molar-refractivity contribution in [1.29, 1.82) is 0 Å². The summed E-state index contributed by atoms with van der Waals surface area (Å²) in [7, 11) is 1.58. The lowest BCUT2D eigenvalue weighted by Crippen LogP contribution is -2.28. The fourth-order valence-electron chi connectivity index (χ4n) is 2.45. The van der Waals surface area contributed by atoms with E-state index in [0.717, 1.165) is 10.9 Å². The first-order chi connectivity index (χ1) is 11.3. The molecule has 0 radical (unpaired) electrons. The van der Waals surface area contributed by atoms with Crippen molar-refractivity contribution in [3.63, 3.8) is 0 Å². The first-order valence-electron chi connectivity index (χ1n) is 7.42. The number of methoxy groups -OCH3 is 1. The SMILES string of the molecule is COc1ccccc1NC(=O)NCc1ccc2ccccc2c1. The summed E-state index contributed by atoms with van der Waals surface area (Å²) in [4.78, 5) is 12.0. The topological polar surface area (TPSA) is 50.4 Å². The van der Waals surface area contributed by atoms with Crippen LogP contribution < -0.4 is 15.4 Å². The van der Waals surface area contributed by atoms with Gasteiger partial charge in [0.25, 0.3) is 0 Å². The standard InChI is InChI=1S/C19H18N2O2/c1-23-18-9-5-4-8-17(18)21-19(22)20-13-14-10-11-15-6-2-3-7-16(15)12-14/h2-12H,13H2,1H3,(H2,20,21,22). The van der Waals surface area contributed by atoms with Crippen molar-refractivity contribution in [3.8, 4) is 5.75 Å². The quantitative estimate of drug-likeness (QED) is 0.760. The van der Waals surface area contributed by atoms with Crippen LogP contribution in [0.1, 0.15) is 5.56 Å². The molecule has 2 N–H and O–H groups in total. The molecule has 3 aromatic carbocycles. The number of fused-ring (bicyclic) bond motifs is 1. The first kappa shape index (κ1) is 14.9. The lowest BCUT2D eigenvalue weighted by Gasteiger charge is -2.11. The number of ether oxygens (including phenoxy) is 1. The largest absolute Gasteiger partial charge is 0.495 e. The van der Waals surface area contributed by atoms with Crippen LogP contribution in [0, 0.1) is 0 Å². The van der Waals surface area contributed by atoms with Gasteiger partial charge in [0.1, 0.15) is 5.75 Å². The highest BCUT2D eigenvalue weighted by Gasteiger charge is 2.06. The highest BCUT2D eigenvalue weighted by molar-refractivity contribution is 5.91. The first-order valence-corrected chi connectivity index (χ1v) is 7.42. The van der Waals surface area contributed by atoms with E-state index in [4.69, 9.17) is 4.74 Å². The van der Waals surface area contributed by atoms with E-state index in [-0.39, 0.29) is 6.03 Å². The van der Waals surface area contributed by atoms with Gasteiger partial charge in [-0.3, -0.25) is 0 Å². The Morgan fingerprint density at radius 3 is 2.52 bits per heavy atom. The third-order valence-corrected chi connectivity index (χ3v) is 3.62. The summed E-state index contributed by atoms with van der Waals surface area (Å²) in [6, 6.07) is 21.4. The Hall–Kier alpha value is -3.01. The van der Waals surface area contributed by atoms with E-state index in [0.29, 0.717) is 18.0 Å². The lowest BCUT2D eigenvalue weighted by atomic mass is 10.1. The molecule has 4 nitrogen and oxygen atoms in total. The zero-order valence-electron chi connectivity index (χ0n) is 12.9. The molecule has 0 fully saturated rings. The Bertz CT molecular complexity index is 830. The van der Waals surface area contributed by atoms with E-state index in [1.807, 2.05) is 30.3 Å². The summed E-state index contributed by atoms with van der Waals surface area (Å²) < 4.78 is 5.21. The van der Waals surface area contributed by atoms with Crippen LogP contribution in [0.4, 0.5) is 10.5 Å². The molecule has 0 aromatic heterocycles. The smallest absolute Gasteiger partial charge is 0.319 e. The van der Waals surface area contributed by atoms with Crippen LogP contribution >= 0.6 is 0 Å². The number of nitrogens with one attached hydrogen (secondary N) is 2. The molecule has 2 amide bonds. The van der Waals surface area contributed by atoms with Gasteiger partial charge in [-0.25, -0.2) is 4.79 Å². The number of rotatable bonds is 4. The molecule has 0 bridgehead atoms. The maximum absolute atomic E-state index is 12.0.